The molecule has 1 unspecified atom stereocenters. The minimum Gasteiger partial charge on any atom is -0.294 e. The molecule has 1 heterocycles. The molecule has 0 fully saturated rings. The van der Waals surface area contributed by atoms with Crippen molar-refractivity contribution >= 4 is 21.5 Å². The summed E-state index contributed by atoms with van der Waals surface area (Å²) in [5, 5.41) is 0. The SMILES string of the molecule is Cc1ccc(S(=O)(=O)N2CC(C)C(=O)c3ccccc32)cc1. The number of aryl methyl sites for hydroxylation is 1. The number of benzene rings is 2. The number of hydrogen-bond donors (Lipinski definition) is 0. The predicted molar refractivity (Wildman–Crippen MR) is 85.6 cm³/mol. The Morgan fingerprint density at radius 2 is 1.68 bits per heavy atom. The summed E-state index contributed by atoms with van der Waals surface area (Å²) < 4.78 is 27.2. The maximum Gasteiger partial charge on any atom is 0.264 e. The van der Waals surface area contributed by atoms with Crippen LogP contribution in [0.5, 0.6) is 0 Å². The molecule has 0 N–H and O–H groups in total. The van der Waals surface area contributed by atoms with E-state index in [1.807, 2.05) is 6.92 Å². The van der Waals surface area contributed by atoms with Gasteiger partial charge in [0, 0.05) is 18.0 Å². The highest BCUT2D eigenvalue weighted by Crippen LogP contribution is 2.33. The zero-order valence-electron chi connectivity index (χ0n) is 12.5. The van der Waals surface area contributed by atoms with Gasteiger partial charge < -0.3 is 0 Å². The van der Waals surface area contributed by atoms with Gasteiger partial charge in [0.2, 0.25) is 0 Å². The topological polar surface area (TPSA) is 54.5 Å². The average molecular weight is 315 g/mol. The van der Waals surface area contributed by atoms with Gasteiger partial charge in [-0.3, -0.25) is 9.10 Å². The van der Waals surface area contributed by atoms with Gasteiger partial charge in [0.15, 0.2) is 5.78 Å². The molecule has 0 amide bonds. The Hall–Kier alpha value is -2.14. The first kappa shape index (κ1) is 14.8. The van der Waals surface area contributed by atoms with Gasteiger partial charge in [-0.2, -0.15) is 0 Å². The second kappa shape index (κ2) is 5.25. The number of Topliss-reactive ketones (excluding diaryl/α,β-unsaturated/α-hetero) is 1. The zero-order valence-corrected chi connectivity index (χ0v) is 13.3. The van der Waals surface area contributed by atoms with Gasteiger partial charge in [-0.15, -0.1) is 0 Å². The van der Waals surface area contributed by atoms with Gasteiger partial charge in [-0.25, -0.2) is 8.42 Å². The van der Waals surface area contributed by atoms with Gasteiger partial charge in [-0.1, -0.05) is 36.8 Å². The summed E-state index contributed by atoms with van der Waals surface area (Å²) in [5.74, 6) is -0.360. The Morgan fingerprint density at radius 1 is 1.05 bits per heavy atom. The van der Waals surface area contributed by atoms with Crippen molar-refractivity contribution in [3.63, 3.8) is 0 Å². The van der Waals surface area contributed by atoms with E-state index in [-0.39, 0.29) is 23.1 Å². The van der Waals surface area contributed by atoms with E-state index in [2.05, 4.69) is 0 Å². The monoisotopic (exact) mass is 315 g/mol. The van der Waals surface area contributed by atoms with Crippen LogP contribution < -0.4 is 4.31 Å². The van der Waals surface area contributed by atoms with Gasteiger partial charge in [0.1, 0.15) is 0 Å². The van der Waals surface area contributed by atoms with Crippen molar-refractivity contribution in [2.75, 3.05) is 10.8 Å². The minimum absolute atomic E-state index is 0.00837. The molecule has 1 aliphatic heterocycles. The molecule has 1 aliphatic rings. The van der Waals surface area contributed by atoms with Crippen LogP contribution in [0.25, 0.3) is 0 Å². The largest absolute Gasteiger partial charge is 0.294 e. The fraction of sp³-hybridized carbons (Fsp3) is 0.235. The van der Waals surface area contributed by atoms with Crippen LogP contribution in [0.3, 0.4) is 0 Å². The van der Waals surface area contributed by atoms with E-state index in [9.17, 15) is 13.2 Å². The van der Waals surface area contributed by atoms with Crippen molar-refractivity contribution in [1.82, 2.24) is 0 Å². The van der Waals surface area contributed by atoms with Crippen LogP contribution in [0.1, 0.15) is 22.8 Å². The lowest BCUT2D eigenvalue weighted by Crippen LogP contribution is -2.41. The van der Waals surface area contributed by atoms with Crippen LogP contribution in [-0.2, 0) is 10.0 Å². The molecule has 114 valence electrons. The molecular weight excluding hydrogens is 298 g/mol. The fourth-order valence-electron chi connectivity index (χ4n) is 2.66. The van der Waals surface area contributed by atoms with E-state index in [4.69, 9.17) is 0 Å². The second-order valence-corrected chi connectivity index (χ2v) is 7.49. The van der Waals surface area contributed by atoms with Crippen LogP contribution in [0, 0.1) is 12.8 Å². The van der Waals surface area contributed by atoms with E-state index in [0.717, 1.165) is 5.56 Å². The Bertz CT molecular complexity index is 825. The van der Waals surface area contributed by atoms with E-state index in [1.165, 1.54) is 4.31 Å². The third-order valence-corrected chi connectivity index (χ3v) is 5.73. The van der Waals surface area contributed by atoms with E-state index in [0.29, 0.717) is 11.3 Å². The lowest BCUT2D eigenvalue weighted by Gasteiger charge is -2.32. The van der Waals surface area contributed by atoms with Crippen molar-refractivity contribution < 1.29 is 13.2 Å². The summed E-state index contributed by atoms with van der Waals surface area (Å²) in [6, 6.07) is 13.6. The maximum atomic E-state index is 12.9. The molecule has 1 atom stereocenters. The van der Waals surface area contributed by atoms with Crippen LogP contribution in [0.15, 0.2) is 53.4 Å². The van der Waals surface area contributed by atoms with Crippen molar-refractivity contribution in [2.24, 2.45) is 5.92 Å². The highest BCUT2D eigenvalue weighted by molar-refractivity contribution is 7.92. The molecular formula is C17H17NO3S. The first-order chi connectivity index (χ1) is 10.4. The molecule has 0 aromatic heterocycles. The number of anilines is 1. The normalized spacial score (nSPS) is 18.2. The smallest absolute Gasteiger partial charge is 0.264 e. The Kier molecular flexibility index (Phi) is 3.53. The highest BCUT2D eigenvalue weighted by atomic mass is 32.2. The molecule has 0 aliphatic carbocycles. The summed E-state index contributed by atoms with van der Waals surface area (Å²) in [4.78, 5) is 12.5. The van der Waals surface area contributed by atoms with Gasteiger partial charge in [0.05, 0.1) is 10.6 Å². The standard InChI is InChI=1S/C17H17NO3S/c1-12-7-9-14(10-8-12)22(20,21)18-11-13(2)17(19)15-5-3-4-6-16(15)18/h3-10,13H,11H2,1-2H3. The summed E-state index contributed by atoms with van der Waals surface area (Å²) in [6.07, 6.45) is 0. The molecule has 0 saturated heterocycles. The lowest BCUT2D eigenvalue weighted by molar-refractivity contribution is 0.0929. The quantitative estimate of drug-likeness (QED) is 0.856. The second-order valence-electron chi connectivity index (χ2n) is 5.63. The number of ketones is 1. The predicted octanol–water partition coefficient (Wildman–Crippen LogP) is 3.02. The molecule has 3 rings (SSSR count). The molecule has 0 bridgehead atoms. The molecule has 0 spiro atoms. The zero-order chi connectivity index (χ0) is 15.9. The summed E-state index contributed by atoms with van der Waals surface area (Å²) in [7, 11) is -3.67. The van der Waals surface area contributed by atoms with Crippen LogP contribution in [0.2, 0.25) is 0 Å². The van der Waals surface area contributed by atoms with Gasteiger partial charge >= 0.3 is 0 Å². The maximum absolute atomic E-state index is 12.9. The summed E-state index contributed by atoms with van der Waals surface area (Å²) >= 11 is 0. The molecule has 0 radical (unpaired) electrons. The lowest BCUT2D eigenvalue weighted by atomic mass is 9.94. The molecule has 0 saturated carbocycles. The summed E-state index contributed by atoms with van der Waals surface area (Å²) in [5.41, 5.74) is 1.93. The third kappa shape index (κ3) is 2.31. The molecule has 4 nitrogen and oxygen atoms in total. The minimum atomic E-state index is -3.67. The number of fused-ring (bicyclic) bond motifs is 1. The van der Waals surface area contributed by atoms with Crippen molar-refractivity contribution in [1.29, 1.82) is 0 Å². The van der Waals surface area contributed by atoms with Gasteiger partial charge in [-0.05, 0) is 31.2 Å². The number of hydrogen-bond acceptors (Lipinski definition) is 3. The molecule has 2 aromatic rings. The number of carbonyl (C=O) groups is 1. The van der Waals surface area contributed by atoms with E-state index in [1.54, 1.807) is 55.5 Å². The van der Waals surface area contributed by atoms with Crippen LogP contribution >= 0.6 is 0 Å². The van der Waals surface area contributed by atoms with E-state index < -0.39 is 10.0 Å². The first-order valence-corrected chi connectivity index (χ1v) is 8.58. The number of rotatable bonds is 2. The molecule has 5 heteroatoms. The van der Waals surface area contributed by atoms with Crippen molar-refractivity contribution in [3.05, 3.63) is 59.7 Å². The fourth-order valence-corrected chi connectivity index (χ4v) is 4.23. The Balaban J connectivity index is 2.13. The Morgan fingerprint density at radius 3 is 2.36 bits per heavy atom. The Labute approximate surface area is 130 Å². The number of carbonyl (C=O) groups excluding carboxylic acids is 1. The van der Waals surface area contributed by atoms with Gasteiger partial charge in [0.25, 0.3) is 10.0 Å². The number of sulfonamides is 1. The average Bonchev–Trinajstić information content (AvgIpc) is 2.51. The van der Waals surface area contributed by atoms with Crippen LogP contribution in [0.4, 0.5) is 5.69 Å². The highest BCUT2D eigenvalue weighted by Gasteiger charge is 2.35. The van der Waals surface area contributed by atoms with Crippen molar-refractivity contribution in [3.8, 4) is 0 Å². The molecule has 2 aromatic carbocycles. The van der Waals surface area contributed by atoms with E-state index >= 15 is 0 Å². The number of para-hydroxylation sites is 1. The third-order valence-electron chi connectivity index (χ3n) is 3.93. The number of nitrogens with zero attached hydrogens (tertiary/aromatic N) is 1. The van der Waals surface area contributed by atoms with Crippen molar-refractivity contribution in [2.45, 2.75) is 18.7 Å². The van der Waals surface area contributed by atoms with Crippen LogP contribution in [-0.4, -0.2) is 20.7 Å². The summed E-state index contributed by atoms with van der Waals surface area (Å²) in [6.45, 7) is 3.84. The first-order valence-electron chi connectivity index (χ1n) is 7.14. The molecule has 22 heavy (non-hydrogen) atoms.